The molecular weight excluding hydrogens is 203 g/mol. The SMILES string of the molecule is Cn1ccnc1Sc1cc(F)ncn1. The van der Waals surface area contributed by atoms with Crippen molar-refractivity contribution in [1.82, 2.24) is 19.5 Å². The summed E-state index contributed by atoms with van der Waals surface area (Å²) in [5.74, 6) is -0.531. The van der Waals surface area contributed by atoms with Crippen LogP contribution in [0.4, 0.5) is 4.39 Å². The zero-order chi connectivity index (χ0) is 9.97. The van der Waals surface area contributed by atoms with Crippen molar-refractivity contribution in [3.8, 4) is 0 Å². The minimum absolute atomic E-state index is 0.531. The van der Waals surface area contributed by atoms with Gasteiger partial charge in [-0.25, -0.2) is 15.0 Å². The first-order chi connectivity index (χ1) is 6.75. The molecule has 0 aliphatic rings. The Balaban J connectivity index is 2.23. The second-order valence-corrected chi connectivity index (χ2v) is 3.59. The predicted octanol–water partition coefficient (Wildman–Crippen LogP) is 1.50. The third kappa shape index (κ3) is 1.90. The average molecular weight is 210 g/mol. The van der Waals surface area contributed by atoms with Gasteiger partial charge in [0.2, 0.25) is 5.95 Å². The van der Waals surface area contributed by atoms with E-state index in [2.05, 4.69) is 15.0 Å². The number of rotatable bonds is 2. The van der Waals surface area contributed by atoms with Gasteiger partial charge >= 0.3 is 0 Å². The molecule has 0 saturated heterocycles. The van der Waals surface area contributed by atoms with Gasteiger partial charge in [-0.1, -0.05) is 0 Å². The molecule has 2 rings (SSSR count). The first-order valence-corrected chi connectivity index (χ1v) is 4.70. The fourth-order valence-electron chi connectivity index (χ4n) is 0.917. The molecule has 2 aromatic heterocycles. The monoisotopic (exact) mass is 210 g/mol. The first-order valence-electron chi connectivity index (χ1n) is 3.88. The fourth-order valence-corrected chi connectivity index (χ4v) is 1.68. The zero-order valence-corrected chi connectivity index (χ0v) is 8.20. The third-order valence-corrected chi connectivity index (χ3v) is 2.59. The maximum absolute atomic E-state index is 12.7. The molecule has 14 heavy (non-hydrogen) atoms. The first kappa shape index (κ1) is 9.14. The highest BCUT2D eigenvalue weighted by Crippen LogP contribution is 2.23. The summed E-state index contributed by atoms with van der Waals surface area (Å²) in [5, 5.41) is 1.31. The molecule has 0 radical (unpaired) electrons. The van der Waals surface area contributed by atoms with E-state index in [-0.39, 0.29) is 0 Å². The quantitative estimate of drug-likeness (QED) is 0.704. The Morgan fingerprint density at radius 1 is 1.36 bits per heavy atom. The second kappa shape index (κ2) is 3.75. The molecule has 0 aliphatic carbocycles. The molecule has 0 amide bonds. The van der Waals surface area contributed by atoms with E-state index in [0.717, 1.165) is 5.16 Å². The summed E-state index contributed by atoms with van der Waals surface area (Å²) in [5.41, 5.74) is 0. The molecule has 0 unspecified atom stereocenters. The lowest BCUT2D eigenvalue weighted by atomic mass is 10.7. The van der Waals surface area contributed by atoms with Gasteiger partial charge < -0.3 is 4.57 Å². The average Bonchev–Trinajstić information content (AvgIpc) is 2.52. The van der Waals surface area contributed by atoms with Crippen LogP contribution in [0.5, 0.6) is 0 Å². The summed E-state index contributed by atoms with van der Waals surface area (Å²) in [7, 11) is 1.87. The van der Waals surface area contributed by atoms with E-state index < -0.39 is 5.95 Å². The van der Waals surface area contributed by atoms with Gasteiger partial charge in [-0.3, -0.25) is 0 Å². The molecule has 0 bridgehead atoms. The van der Waals surface area contributed by atoms with Crippen LogP contribution in [0.1, 0.15) is 0 Å². The molecular formula is C8H7FN4S. The topological polar surface area (TPSA) is 43.6 Å². The number of halogens is 1. The van der Waals surface area contributed by atoms with Crippen molar-refractivity contribution < 1.29 is 4.39 Å². The molecule has 72 valence electrons. The van der Waals surface area contributed by atoms with Crippen LogP contribution in [-0.2, 0) is 7.05 Å². The molecule has 2 heterocycles. The van der Waals surface area contributed by atoms with Gasteiger partial charge in [-0.05, 0) is 11.8 Å². The van der Waals surface area contributed by atoms with Crippen LogP contribution in [0.3, 0.4) is 0 Å². The molecule has 0 aliphatic heterocycles. The maximum atomic E-state index is 12.7. The van der Waals surface area contributed by atoms with E-state index in [1.165, 1.54) is 24.2 Å². The molecule has 0 aromatic carbocycles. The normalized spacial score (nSPS) is 10.4. The van der Waals surface area contributed by atoms with Gasteiger partial charge in [0.05, 0.1) is 0 Å². The smallest absolute Gasteiger partial charge is 0.217 e. The van der Waals surface area contributed by atoms with Gasteiger partial charge in [-0.2, -0.15) is 4.39 Å². The number of imidazole rings is 1. The van der Waals surface area contributed by atoms with Crippen LogP contribution in [0.15, 0.2) is 35.0 Å². The summed E-state index contributed by atoms with van der Waals surface area (Å²) in [6.45, 7) is 0. The zero-order valence-electron chi connectivity index (χ0n) is 7.38. The lowest BCUT2D eigenvalue weighted by Gasteiger charge is -1.99. The lowest BCUT2D eigenvalue weighted by Crippen LogP contribution is -1.91. The number of aryl methyl sites for hydroxylation is 1. The highest BCUT2D eigenvalue weighted by Gasteiger charge is 2.04. The predicted molar refractivity (Wildman–Crippen MR) is 49.3 cm³/mol. The summed E-state index contributed by atoms with van der Waals surface area (Å²) < 4.78 is 14.5. The van der Waals surface area contributed by atoms with Crippen molar-refractivity contribution >= 4 is 11.8 Å². The molecule has 2 aromatic rings. The van der Waals surface area contributed by atoms with Gasteiger partial charge in [0.15, 0.2) is 5.16 Å². The Hall–Kier alpha value is -1.43. The highest BCUT2D eigenvalue weighted by molar-refractivity contribution is 7.99. The third-order valence-electron chi connectivity index (χ3n) is 1.58. The molecule has 0 fully saturated rings. The molecule has 0 saturated carbocycles. The van der Waals surface area contributed by atoms with Crippen LogP contribution < -0.4 is 0 Å². The van der Waals surface area contributed by atoms with E-state index in [1.807, 2.05) is 17.8 Å². The van der Waals surface area contributed by atoms with Crippen LogP contribution in [0.25, 0.3) is 0 Å². The van der Waals surface area contributed by atoms with Crippen LogP contribution in [0.2, 0.25) is 0 Å². The Kier molecular flexibility index (Phi) is 2.45. The highest BCUT2D eigenvalue weighted by atomic mass is 32.2. The van der Waals surface area contributed by atoms with E-state index in [0.29, 0.717) is 5.03 Å². The van der Waals surface area contributed by atoms with E-state index in [4.69, 9.17) is 0 Å². The van der Waals surface area contributed by atoms with Crippen molar-refractivity contribution in [2.45, 2.75) is 10.2 Å². The van der Waals surface area contributed by atoms with Crippen LogP contribution in [-0.4, -0.2) is 19.5 Å². The van der Waals surface area contributed by atoms with Gasteiger partial charge in [0, 0.05) is 25.5 Å². The van der Waals surface area contributed by atoms with Crippen molar-refractivity contribution in [3.63, 3.8) is 0 Å². The van der Waals surface area contributed by atoms with Gasteiger partial charge in [0.1, 0.15) is 11.4 Å². The van der Waals surface area contributed by atoms with E-state index >= 15 is 0 Å². The summed E-state index contributed by atoms with van der Waals surface area (Å²) >= 11 is 1.30. The largest absolute Gasteiger partial charge is 0.329 e. The lowest BCUT2D eigenvalue weighted by molar-refractivity contribution is 0.572. The Morgan fingerprint density at radius 3 is 2.86 bits per heavy atom. The van der Waals surface area contributed by atoms with E-state index in [9.17, 15) is 4.39 Å². The van der Waals surface area contributed by atoms with Crippen molar-refractivity contribution in [2.24, 2.45) is 7.05 Å². The molecule has 4 nitrogen and oxygen atoms in total. The minimum atomic E-state index is -0.531. The Bertz CT molecular complexity index is 442. The maximum Gasteiger partial charge on any atom is 0.217 e. The summed E-state index contributed by atoms with van der Waals surface area (Å²) in [6, 6.07) is 1.28. The van der Waals surface area contributed by atoms with Crippen molar-refractivity contribution in [3.05, 3.63) is 30.7 Å². The van der Waals surface area contributed by atoms with Crippen LogP contribution >= 0.6 is 11.8 Å². The van der Waals surface area contributed by atoms with Crippen molar-refractivity contribution in [1.29, 1.82) is 0 Å². The fraction of sp³-hybridized carbons (Fsp3) is 0.125. The molecule has 6 heteroatoms. The Morgan fingerprint density at radius 2 is 2.21 bits per heavy atom. The van der Waals surface area contributed by atoms with Gasteiger partial charge in [-0.15, -0.1) is 0 Å². The number of hydrogen-bond donors (Lipinski definition) is 0. The van der Waals surface area contributed by atoms with E-state index in [1.54, 1.807) is 6.20 Å². The number of aromatic nitrogens is 4. The molecule has 0 atom stereocenters. The second-order valence-electron chi connectivity index (χ2n) is 2.60. The molecule has 0 spiro atoms. The minimum Gasteiger partial charge on any atom is -0.329 e. The number of nitrogens with zero attached hydrogens (tertiary/aromatic N) is 4. The summed E-state index contributed by atoms with van der Waals surface area (Å²) in [6.07, 6.45) is 4.69. The van der Waals surface area contributed by atoms with Crippen molar-refractivity contribution in [2.75, 3.05) is 0 Å². The van der Waals surface area contributed by atoms with Gasteiger partial charge in [0.25, 0.3) is 0 Å². The number of hydrogen-bond acceptors (Lipinski definition) is 4. The summed E-state index contributed by atoms with van der Waals surface area (Å²) in [4.78, 5) is 11.4. The Labute approximate surface area is 84.2 Å². The standard InChI is InChI=1S/C8H7FN4S/c1-13-3-2-10-8(13)14-7-4-6(9)11-5-12-7/h2-5H,1H3. The van der Waals surface area contributed by atoms with Crippen LogP contribution in [0, 0.1) is 5.95 Å². The molecule has 0 N–H and O–H groups in total.